The quantitative estimate of drug-likeness (QED) is 0.834. The van der Waals surface area contributed by atoms with Crippen molar-refractivity contribution in [2.24, 2.45) is 0 Å². The summed E-state index contributed by atoms with van der Waals surface area (Å²) in [5, 5.41) is 0. The molecule has 1 aromatic rings. The molecule has 0 aliphatic carbocycles. The maximum Gasteiger partial charge on any atom is 0.222 e. The second-order valence-electron chi connectivity index (χ2n) is 6.09. The molecule has 20 heavy (non-hydrogen) atoms. The molecule has 0 spiro atoms. The molecule has 110 valence electrons. The number of amides is 1. The number of carbonyl (C=O) groups is 1. The third-order valence-corrected chi connectivity index (χ3v) is 4.62. The van der Waals surface area contributed by atoms with Crippen LogP contribution in [0.1, 0.15) is 32.6 Å². The van der Waals surface area contributed by atoms with Crippen LogP contribution >= 0.6 is 0 Å². The highest BCUT2D eigenvalue weighted by atomic mass is 16.2. The van der Waals surface area contributed by atoms with Crippen LogP contribution in [0, 0.1) is 0 Å². The van der Waals surface area contributed by atoms with Crippen LogP contribution in [0.5, 0.6) is 0 Å². The summed E-state index contributed by atoms with van der Waals surface area (Å²) < 4.78 is 2.03. The van der Waals surface area contributed by atoms with Crippen molar-refractivity contribution >= 4 is 5.91 Å². The van der Waals surface area contributed by atoms with Gasteiger partial charge in [-0.05, 0) is 32.7 Å². The molecule has 5 nitrogen and oxygen atoms in total. The van der Waals surface area contributed by atoms with Crippen LogP contribution in [0.25, 0.3) is 0 Å². The molecule has 0 radical (unpaired) electrons. The molecule has 3 rings (SSSR count). The van der Waals surface area contributed by atoms with Gasteiger partial charge < -0.3 is 9.47 Å². The molecule has 2 saturated heterocycles. The normalized spacial score (nSPS) is 26.8. The van der Waals surface area contributed by atoms with Gasteiger partial charge in [0.1, 0.15) is 0 Å². The molecule has 1 amide bonds. The third kappa shape index (κ3) is 2.87. The molecule has 2 aliphatic rings. The minimum Gasteiger partial charge on any atom is -0.337 e. The molecule has 0 unspecified atom stereocenters. The van der Waals surface area contributed by atoms with Gasteiger partial charge in [0.15, 0.2) is 0 Å². The lowest BCUT2D eigenvalue weighted by atomic mass is 10.1. The first-order valence-electron chi connectivity index (χ1n) is 7.73. The van der Waals surface area contributed by atoms with Crippen molar-refractivity contribution in [1.82, 2.24) is 19.4 Å². The van der Waals surface area contributed by atoms with E-state index in [1.165, 1.54) is 19.4 Å². The standard InChI is InChI=1S/C15H24N4O/c1-13-10-18-8-2-4-14(18)11-19(13)15(20)5-3-7-17-9-6-16-12-17/h6,9,12-14H,2-5,7-8,10-11H2,1H3/t13-,14+/m1/s1. The predicted molar refractivity (Wildman–Crippen MR) is 77.2 cm³/mol. The summed E-state index contributed by atoms with van der Waals surface area (Å²) in [6.07, 6.45) is 9.63. The van der Waals surface area contributed by atoms with E-state index in [0.717, 1.165) is 26.1 Å². The highest BCUT2D eigenvalue weighted by molar-refractivity contribution is 5.76. The van der Waals surface area contributed by atoms with E-state index >= 15 is 0 Å². The highest BCUT2D eigenvalue weighted by Crippen LogP contribution is 2.25. The van der Waals surface area contributed by atoms with Crippen molar-refractivity contribution < 1.29 is 4.79 Å². The Morgan fingerprint density at radius 2 is 2.30 bits per heavy atom. The van der Waals surface area contributed by atoms with Gasteiger partial charge in [0, 0.05) is 50.5 Å². The van der Waals surface area contributed by atoms with Crippen LogP contribution in [-0.2, 0) is 11.3 Å². The van der Waals surface area contributed by atoms with Crippen LogP contribution in [-0.4, -0.2) is 57.0 Å². The van der Waals surface area contributed by atoms with E-state index in [2.05, 4.69) is 21.7 Å². The zero-order valence-corrected chi connectivity index (χ0v) is 12.2. The maximum atomic E-state index is 12.4. The first kappa shape index (κ1) is 13.6. The number of rotatable bonds is 4. The second-order valence-corrected chi connectivity index (χ2v) is 6.09. The highest BCUT2D eigenvalue weighted by Gasteiger charge is 2.35. The minimum absolute atomic E-state index is 0.323. The smallest absolute Gasteiger partial charge is 0.222 e. The number of carbonyl (C=O) groups excluding carboxylic acids is 1. The summed E-state index contributed by atoms with van der Waals surface area (Å²) in [7, 11) is 0. The molecule has 3 heterocycles. The van der Waals surface area contributed by atoms with Crippen molar-refractivity contribution in [2.45, 2.75) is 51.2 Å². The third-order valence-electron chi connectivity index (χ3n) is 4.62. The number of hydrogen-bond donors (Lipinski definition) is 0. The van der Waals surface area contributed by atoms with Crippen molar-refractivity contribution in [1.29, 1.82) is 0 Å². The summed E-state index contributed by atoms with van der Waals surface area (Å²) in [6.45, 7) is 6.27. The predicted octanol–water partition coefficient (Wildman–Crippen LogP) is 1.36. The average molecular weight is 276 g/mol. The fourth-order valence-corrected chi connectivity index (χ4v) is 3.51. The largest absolute Gasteiger partial charge is 0.337 e. The molecular weight excluding hydrogens is 252 g/mol. The van der Waals surface area contributed by atoms with Gasteiger partial charge in [0.05, 0.1) is 6.33 Å². The van der Waals surface area contributed by atoms with E-state index in [1.807, 2.05) is 17.1 Å². The molecule has 0 bridgehead atoms. The van der Waals surface area contributed by atoms with Gasteiger partial charge >= 0.3 is 0 Å². The van der Waals surface area contributed by atoms with Crippen molar-refractivity contribution in [2.75, 3.05) is 19.6 Å². The van der Waals surface area contributed by atoms with E-state index in [1.54, 1.807) is 6.20 Å². The van der Waals surface area contributed by atoms with Gasteiger partial charge in [-0.1, -0.05) is 0 Å². The fraction of sp³-hybridized carbons (Fsp3) is 0.733. The molecule has 0 saturated carbocycles. The van der Waals surface area contributed by atoms with Gasteiger partial charge in [-0.3, -0.25) is 9.69 Å². The number of aryl methyl sites for hydroxylation is 1. The minimum atomic E-state index is 0.323. The van der Waals surface area contributed by atoms with Crippen LogP contribution in [0.2, 0.25) is 0 Å². The lowest BCUT2D eigenvalue weighted by Crippen LogP contribution is -2.56. The Hall–Kier alpha value is -1.36. The van der Waals surface area contributed by atoms with E-state index in [4.69, 9.17) is 0 Å². The van der Waals surface area contributed by atoms with Crippen LogP contribution in [0.4, 0.5) is 0 Å². The Morgan fingerprint density at radius 1 is 1.40 bits per heavy atom. The maximum absolute atomic E-state index is 12.4. The van der Waals surface area contributed by atoms with Gasteiger partial charge in [-0.15, -0.1) is 0 Å². The molecule has 2 fully saturated rings. The number of fused-ring (bicyclic) bond motifs is 1. The van der Waals surface area contributed by atoms with Crippen LogP contribution < -0.4 is 0 Å². The van der Waals surface area contributed by atoms with E-state index in [-0.39, 0.29) is 0 Å². The van der Waals surface area contributed by atoms with E-state index in [9.17, 15) is 4.79 Å². The number of piperazine rings is 1. The number of hydrogen-bond acceptors (Lipinski definition) is 3. The molecule has 0 aromatic carbocycles. The lowest BCUT2D eigenvalue weighted by molar-refractivity contribution is -0.136. The molecule has 1 aromatic heterocycles. The zero-order chi connectivity index (χ0) is 13.9. The summed E-state index contributed by atoms with van der Waals surface area (Å²) in [5.74, 6) is 0.323. The fourth-order valence-electron chi connectivity index (χ4n) is 3.51. The molecule has 2 aliphatic heterocycles. The SMILES string of the molecule is C[C@@H]1CN2CCC[C@H]2CN1C(=O)CCCn1ccnc1. The average Bonchev–Trinajstić information content (AvgIpc) is 3.08. The molecule has 5 heteroatoms. The molecule has 2 atom stereocenters. The molecular formula is C15H24N4O. The Balaban J connectivity index is 1.48. The monoisotopic (exact) mass is 276 g/mol. The first-order chi connectivity index (χ1) is 9.74. The number of imidazole rings is 1. The Morgan fingerprint density at radius 3 is 3.10 bits per heavy atom. The lowest BCUT2D eigenvalue weighted by Gasteiger charge is -2.42. The van der Waals surface area contributed by atoms with Crippen molar-refractivity contribution in [3.63, 3.8) is 0 Å². The number of aromatic nitrogens is 2. The zero-order valence-electron chi connectivity index (χ0n) is 12.2. The van der Waals surface area contributed by atoms with Crippen LogP contribution in [0.15, 0.2) is 18.7 Å². The summed E-state index contributed by atoms with van der Waals surface area (Å²) in [6, 6.07) is 0.980. The first-order valence-corrected chi connectivity index (χ1v) is 7.73. The Kier molecular flexibility index (Phi) is 4.05. The van der Waals surface area contributed by atoms with Crippen molar-refractivity contribution in [3.8, 4) is 0 Å². The summed E-state index contributed by atoms with van der Waals surface area (Å²) in [5.41, 5.74) is 0. The van der Waals surface area contributed by atoms with E-state index < -0.39 is 0 Å². The molecule has 0 N–H and O–H groups in total. The van der Waals surface area contributed by atoms with Gasteiger partial charge in [-0.2, -0.15) is 0 Å². The Labute approximate surface area is 120 Å². The van der Waals surface area contributed by atoms with Crippen molar-refractivity contribution in [3.05, 3.63) is 18.7 Å². The topological polar surface area (TPSA) is 41.4 Å². The Bertz CT molecular complexity index is 445. The van der Waals surface area contributed by atoms with Gasteiger partial charge in [-0.25, -0.2) is 4.98 Å². The summed E-state index contributed by atoms with van der Waals surface area (Å²) in [4.78, 5) is 21.1. The van der Waals surface area contributed by atoms with Gasteiger partial charge in [0.25, 0.3) is 0 Å². The van der Waals surface area contributed by atoms with Gasteiger partial charge in [0.2, 0.25) is 5.91 Å². The second kappa shape index (κ2) is 5.95. The number of nitrogens with zero attached hydrogens (tertiary/aromatic N) is 4. The summed E-state index contributed by atoms with van der Waals surface area (Å²) >= 11 is 0. The van der Waals surface area contributed by atoms with E-state index in [0.29, 0.717) is 24.4 Å². The van der Waals surface area contributed by atoms with Crippen LogP contribution in [0.3, 0.4) is 0 Å².